The molecule has 0 N–H and O–H groups in total. The van der Waals surface area contributed by atoms with E-state index >= 15 is 0 Å². The molecule has 0 radical (unpaired) electrons. The molecule has 0 heterocycles. The van der Waals surface area contributed by atoms with Gasteiger partial charge in [0.2, 0.25) is 0 Å². The highest BCUT2D eigenvalue weighted by Crippen LogP contribution is 2.48. The molecule has 0 saturated carbocycles. The Kier molecular flexibility index (Phi) is 5.05. The summed E-state index contributed by atoms with van der Waals surface area (Å²) in [6.45, 7) is 0. The third kappa shape index (κ3) is 3.61. The predicted octanol–water partition coefficient (Wildman–Crippen LogP) is 6.49. The van der Waals surface area contributed by atoms with Gasteiger partial charge in [0.25, 0.3) is 11.4 Å². The Morgan fingerprint density at radius 3 is 1.38 bits per heavy atom. The fraction of sp³-hybridized carbons (Fsp3) is 0.103. The average Bonchev–Trinajstić information content (AvgIpc) is 2.92. The third-order valence-corrected chi connectivity index (χ3v) is 7.27. The average molecular weight is 490 g/mol. The first-order valence-corrected chi connectivity index (χ1v) is 11.7. The molecule has 4 aromatic carbocycles. The van der Waals surface area contributed by atoms with Gasteiger partial charge in [-0.15, -0.1) is 0 Å². The van der Waals surface area contributed by atoms with Gasteiger partial charge < -0.3 is 0 Å². The number of nitrogens with zero attached hydrogens (tertiary/aromatic N) is 2. The van der Waals surface area contributed by atoms with Crippen LogP contribution in [-0.2, 0) is 0 Å². The van der Waals surface area contributed by atoms with Crippen molar-refractivity contribution in [3.8, 4) is 22.3 Å². The Morgan fingerprint density at radius 1 is 0.568 bits per heavy atom. The van der Waals surface area contributed by atoms with Crippen LogP contribution >= 0.6 is 0 Å². The highest BCUT2D eigenvalue weighted by Gasteiger charge is 2.44. The van der Waals surface area contributed by atoms with E-state index in [1.165, 1.54) is 24.3 Å². The van der Waals surface area contributed by atoms with Crippen LogP contribution in [0.25, 0.3) is 22.3 Å². The molecule has 0 amide bonds. The number of nitro groups is 2. The van der Waals surface area contributed by atoms with Crippen LogP contribution in [0.1, 0.15) is 50.1 Å². The Morgan fingerprint density at radius 2 is 0.973 bits per heavy atom. The zero-order chi connectivity index (χ0) is 25.8. The summed E-state index contributed by atoms with van der Waals surface area (Å²) in [6, 6.07) is 23.0. The van der Waals surface area contributed by atoms with E-state index in [4.69, 9.17) is 0 Å². The second-order valence-corrected chi connectivity index (χ2v) is 9.29. The predicted molar refractivity (Wildman–Crippen MR) is 136 cm³/mol. The fourth-order valence-electron chi connectivity index (χ4n) is 5.47. The van der Waals surface area contributed by atoms with Gasteiger partial charge in [-0.3, -0.25) is 29.8 Å². The number of nitro benzene ring substituents is 2. The molecule has 6 rings (SSSR count). The number of hydrogen-bond acceptors (Lipinski definition) is 6. The number of carbonyl (C=O) groups is 2. The summed E-state index contributed by atoms with van der Waals surface area (Å²) < 4.78 is 0. The van der Waals surface area contributed by atoms with Crippen molar-refractivity contribution in [3.05, 3.63) is 127 Å². The quantitative estimate of drug-likeness (QED) is 0.238. The Balaban J connectivity index is 1.41. The van der Waals surface area contributed by atoms with Crippen molar-refractivity contribution in [2.24, 2.45) is 0 Å². The first kappa shape index (κ1) is 22.5. The SMILES string of the molecule is O=C1c2cc(-c3cccc([N+](=O)[O-])c3)ccc2[C@H]2C[C@@H]1c1ccc(-c3cccc([N+](=O)[O-])c3)cc1C2=O. The zero-order valence-corrected chi connectivity index (χ0v) is 19.3. The number of Topliss-reactive ketones (excluding diaryl/α,β-unsaturated/α-hetero) is 2. The van der Waals surface area contributed by atoms with E-state index in [1.54, 1.807) is 60.7 Å². The van der Waals surface area contributed by atoms with Gasteiger partial charge in [-0.25, -0.2) is 0 Å². The maximum absolute atomic E-state index is 13.6. The first-order chi connectivity index (χ1) is 17.8. The Bertz CT molecular complexity index is 1550. The molecular weight excluding hydrogens is 472 g/mol. The van der Waals surface area contributed by atoms with E-state index < -0.39 is 21.7 Å². The first-order valence-electron chi connectivity index (χ1n) is 11.7. The van der Waals surface area contributed by atoms with Crippen LogP contribution in [0, 0.1) is 20.2 Å². The highest BCUT2D eigenvalue weighted by molar-refractivity contribution is 6.14. The Labute approximate surface area is 210 Å². The van der Waals surface area contributed by atoms with E-state index in [9.17, 15) is 29.8 Å². The summed E-state index contributed by atoms with van der Waals surface area (Å²) in [5, 5.41) is 22.4. The van der Waals surface area contributed by atoms with E-state index in [1.807, 2.05) is 0 Å². The Hall–Kier alpha value is -4.98. The van der Waals surface area contributed by atoms with Gasteiger partial charge in [0.05, 0.1) is 9.85 Å². The molecule has 180 valence electrons. The van der Waals surface area contributed by atoms with E-state index in [0.717, 1.165) is 0 Å². The fourth-order valence-corrected chi connectivity index (χ4v) is 5.47. The molecular formula is C29H18N2O6. The van der Waals surface area contributed by atoms with Crippen molar-refractivity contribution in [3.63, 3.8) is 0 Å². The molecule has 0 aromatic heterocycles. The smallest absolute Gasteiger partial charge is 0.270 e. The van der Waals surface area contributed by atoms with Crippen molar-refractivity contribution in [1.29, 1.82) is 0 Å². The van der Waals surface area contributed by atoms with E-state index in [-0.39, 0.29) is 22.9 Å². The van der Waals surface area contributed by atoms with Crippen molar-refractivity contribution in [2.75, 3.05) is 0 Å². The van der Waals surface area contributed by atoms with Gasteiger partial charge in [0, 0.05) is 47.2 Å². The van der Waals surface area contributed by atoms with E-state index in [2.05, 4.69) is 0 Å². The lowest BCUT2D eigenvalue weighted by Crippen LogP contribution is -2.34. The maximum Gasteiger partial charge on any atom is 0.270 e. The lowest BCUT2D eigenvalue weighted by atomic mass is 9.65. The molecule has 37 heavy (non-hydrogen) atoms. The van der Waals surface area contributed by atoms with Crippen LogP contribution in [0.2, 0.25) is 0 Å². The van der Waals surface area contributed by atoms with Crippen molar-refractivity contribution in [1.82, 2.24) is 0 Å². The van der Waals surface area contributed by atoms with Crippen LogP contribution < -0.4 is 0 Å². The number of non-ortho nitro benzene ring substituents is 2. The molecule has 2 bridgehead atoms. The molecule has 2 atom stereocenters. The van der Waals surface area contributed by atoms with Gasteiger partial charge >= 0.3 is 0 Å². The molecule has 2 aliphatic carbocycles. The van der Waals surface area contributed by atoms with Crippen molar-refractivity contribution < 1.29 is 19.4 Å². The second kappa shape index (κ2) is 8.30. The summed E-state index contributed by atoms with van der Waals surface area (Å²) in [5.74, 6) is -1.14. The maximum atomic E-state index is 13.6. The van der Waals surface area contributed by atoms with Gasteiger partial charge in [-0.1, -0.05) is 48.5 Å². The van der Waals surface area contributed by atoms with Crippen LogP contribution in [0.15, 0.2) is 84.9 Å². The number of carbonyl (C=O) groups excluding carboxylic acids is 2. The number of benzene rings is 4. The number of hydrogen-bond donors (Lipinski definition) is 0. The molecule has 0 saturated heterocycles. The molecule has 4 aromatic rings. The normalized spacial score (nSPS) is 17.6. The molecule has 0 aliphatic heterocycles. The van der Waals surface area contributed by atoms with E-state index in [0.29, 0.717) is 50.9 Å². The van der Waals surface area contributed by atoms with Gasteiger partial charge in [-0.05, 0) is 51.9 Å². The van der Waals surface area contributed by atoms with Crippen molar-refractivity contribution >= 4 is 22.9 Å². The standard InChI is InChI=1S/C29H18N2O6/c32-28-24-13-18(16-3-1-5-20(11-16)30(34)35)7-9-22(24)26-15-27(28)23-10-8-19(14-25(23)29(26)33)17-4-2-6-21(12-17)31(36)37/h1-14,26-27H,15H2/t26-,27-/m1/s1. The molecule has 8 heteroatoms. The molecule has 0 fully saturated rings. The van der Waals surface area contributed by atoms with Crippen LogP contribution in [-0.4, -0.2) is 21.4 Å². The topological polar surface area (TPSA) is 120 Å². The minimum atomic E-state index is -0.482. The highest BCUT2D eigenvalue weighted by atomic mass is 16.6. The summed E-state index contributed by atoms with van der Waals surface area (Å²) in [7, 11) is 0. The minimum absolute atomic E-state index is 0.0397. The minimum Gasteiger partial charge on any atom is -0.293 e. The summed E-state index contributed by atoms with van der Waals surface area (Å²) in [6.07, 6.45) is 0.393. The summed E-state index contributed by atoms with van der Waals surface area (Å²) in [4.78, 5) is 48.7. The van der Waals surface area contributed by atoms with Gasteiger partial charge in [0.1, 0.15) is 0 Å². The third-order valence-electron chi connectivity index (χ3n) is 7.27. The van der Waals surface area contributed by atoms with Crippen LogP contribution in [0.4, 0.5) is 11.4 Å². The lowest BCUT2D eigenvalue weighted by molar-refractivity contribution is -0.385. The van der Waals surface area contributed by atoms with Gasteiger partial charge in [-0.2, -0.15) is 0 Å². The number of ketones is 2. The number of fused-ring (bicyclic) bond motifs is 6. The monoisotopic (exact) mass is 490 g/mol. The summed E-state index contributed by atoms with van der Waals surface area (Å²) >= 11 is 0. The van der Waals surface area contributed by atoms with Gasteiger partial charge in [0.15, 0.2) is 11.6 Å². The second-order valence-electron chi connectivity index (χ2n) is 9.29. The molecule has 0 spiro atoms. The molecule has 2 aliphatic rings. The molecule has 8 nitrogen and oxygen atoms in total. The van der Waals surface area contributed by atoms with Crippen LogP contribution in [0.3, 0.4) is 0 Å². The number of rotatable bonds is 4. The largest absolute Gasteiger partial charge is 0.293 e. The molecule has 0 unspecified atom stereocenters. The van der Waals surface area contributed by atoms with Crippen LogP contribution in [0.5, 0.6) is 0 Å². The van der Waals surface area contributed by atoms with Crippen molar-refractivity contribution in [2.45, 2.75) is 18.3 Å². The summed E-state index contributed by atoms with van der Waals surface area (Å²) in [5.41, 5.74) is 4.75. The lowest BCUT2D eigenvalue weighted by Gasteiger charge is -2.36. The zero-order valence-electron chi connectivity index (χ0n) is 19.3.